The van der Waals surface area contributed by atoms with Crippen LogP contribution in [-0.2, 0) is 4.79 Å². The van der Waals surface area contributed by atoms with Gasteiger partial charge in [-0.3, -0.25) is 9.78 Å². The molecule has 0 spiro atoms. The molecule has 0 aromatic carbocycles. The van der Waals surface area contributed by atoms with Gasteiger partial charge in [-0.25, -0.2) is 4.39 Å². The molecule has 0 bridgehead atoms. The largest absolute Gasteiger partial charge is 0.387 e. The number of likely N-dealkylation sites (tertiary alicyclic amines) is 1. The molecule has 2 N–H and O–H groups in total. The molecule has 1 aliphatic heterocycles. The monoisotopic (exact) mass is 323 g/mol. The highest BCUT2D eigenvalue weighted by Crippen LogP contribution is 2.26. The summed E-state index contributed by atoms with van der Waals surface area (Å²) >= 11 is 0. The minimum atomic E-state index is -0.797. The first-order valence-electron chi connectivity index (χ1n) is 8.06. The molecule has 6 heteroatoms. The van der Waals surface area contributed by atoms with E-state index in [0.29, 0.717) is 18.0 Å². The summed E-state index contributed by atoms with van der Waals surface area (Å²) in [6.07, 6.45) is 3.74. The van der Waals surface area contributed by atoms with Gasteiger partial charge in [0, 0.05) is 43.9 Å². The molecule has 23 heavy (non-hydrogen) atoms. The normalized spacial score (nSPS) is 19.9. The fourth-order valence-corrected chi connectivity index (χ4v) is 3.18. The van der Waals surface area contributed by atoms with Crippen LogP contribution in [0.3, 0.4) is 0 Å². The van der Waals surface area contributed by atoms with Crippen LogP contribution in [0.4, 0.5) is 4.39 Å². The summed E-state index contributed by atoms with van der Waals surface area (Å²) in [4.78, 5) is 17.0. The number of nitrogens with zero attached hydrogens (tertiary/aromatic N) is 2. The van der Waals surface area contributed by atoms with Gasteiger partial charge in [-0.05, 0) is 38.7 Å². The highest BCUT2D eigenvalue weighted by Gasteiger charge is 2.30. The standard InChI is InChI=1S/C17H26FN3O2/c1-12(22)21-5-4-13(11-21)7-17(2,3)20-10-16(23)14-6-15(18)9-19-8-14/h6,8-9,13,16,20,23H,4-5,7,10-11H2,1-3H3/t13-,16+/m1/s1. The van der Waals surface area contributed by atoms with Gasteiger partial charge in [-0.1, -0.05) is 0 Å². The van der Waals surface area contributed by atoms with Gasteiger partial charge < -0.3 is 15.3 Å². The summed E-state index contributed by atoms with van der Waals surface area (Å²) < 4.78 is 13.1. The molecule has 0 radical (unpaired) electrons. The Balaban J connectivity index is 1.83. The number of aromatic nitrogens is 1. The summed E-state index contributed by atoms with van der Waals surface area (Å²) in [6, 6.07) is 1.30. The average molecular weight is 323 g/mol. The van der Waals surface area contributed by atoms with Crippen molar-refractivity contribution in [2.45, 2.75) is 45.3 Å². The quantitative estimate of drug-likeness (QED) is 0.839. The summed E-state index contributed by atoms with van der Waals surface area (Å²) in [6.45, 7) is 7.74. The summed E-state index contributed by atoms with van der Waals surface area (Å²) in [5, 5.41) is 13.5. The molecule has 1 fully saturated rings. The molecular weight excluding hydrogens is 297 g/mol. The number of pyridine rings is 1. The Labute approximate surface area is 136 Å². The first-order valence-corrected chi connectivity index (χ1v) is 8.06. The third-order valence-corrected chi connectivity index (χ3v) is 4.41. The van der Waals surface area contributed by atoms with Crippen molar-refractivity contribution in [3.8, 4) is 0 Å². The Hall–Kier alpha value is -1.53. The molecule has 128 valence electrons. The lowest BCUT2D eigenvalue weighted by molar-refractivity contribution is -0.127. The molecule has 0 saturated carbocycles. The minimum absolute atomic E-state index is 0.132. The molecule has 0 unspecified atom stereocenters. The van der Waals surface area contributed by atoms with Gasteiger partial charge in [0.15, 0.2) is 0 Å². The fraction of sp³-hybridized carbons (Fsp3) is 0.647. The van der Waals surface area contributed by atoms with Crippen LogP contribution in [0.15, 0.2) is 18.5 Å². The first kappa shape index (κ1) is 17.8. The molecule has 1 amide bonds. The molecule has 2 atom stereocenters. The SMILES string of the molecule is CC(=O)N1CC[C@H](CC(C)(C)NC[C@H](O)c2cncc(F)c2)C1. The maximum atomic E-state index is 13.1. The lowest BCUT2D eigenvalue weighted by Gasteiger charge is -2.30. The second-order valence-corrected chi connectivity index (χ2v) is 7.04. The molecule has 5 nitrogen and oxygen atoms in total. The van der Waals surface area contributed by atoms with Gasteiger partial charge in [-0.15, -0.1) is 0 Å². The zero-order valence-corrected chi connectivity index (χ0v) is 14.1. The molecule has 1 aromatic rings. The maximum Gasteiger partial charge on any atom is 0.219 e. The van der Waals surface area contributed by atoms with Crippen LogP contribution in [0.25, 0.3) is 0 Å². The smallest absolute Gasteiger partial charge is 0.219 e. The molecular formula is C17H26FN3O2. The Morgan fingerprint density at radius 3 is 2.91 bits per heavy atom. The summed E-state index contributed by atoms with van der Waals surface area (Å²) in [5.74, 6) is 0.151. The van der Waals surface area contributed by atoms with Gasteiger partial charge in [0.25, 0.3) is 0 Å². The number of β-amino-alcohol motifs (C(OH)–C–C–N with tert-alkyl or cyclic N) is 1. The number of nitrogens with one attached hydrogen (secondary N) is 1. The number of carbonyl (C=O) groups excluding carboxylic acids is 1. The Morgan fingerprint density at radius 2 is 2.30 bits per heavy atom. The highest BCUT2D eigenvalue weighted by atomic mass is 19.1. The molecule has 2 heterocycles. The Morgan fingerprint density at radius 1 is 1.57 bits per heavy atom. The van der Waals surface area contributed by atoms with E-state index in [1.807, 2.05) is 4.90 Å². The third kappa shape index (κ3) is 5.25. The van der Waals surface area contributed by atoms with E-state index >= 15 is 0 Å². The average Bonchev–Trinajstić information content (AvgIpc) is 2.93. The third-order valence-electron chi connectivity index (χ3n) is 4.41. The van der Waals surface area contributed by atoms with Gasteiger partial charge in [0.2, 0.25) is 5.91 Å². The number of amides is 1. The van der Waals surface area contributed by atoms with Crippen LogP contribution >= 0.6 is 0 Å². The second-order valence-electron chi connectivity index (χ2n) is 7.04. The highest BCUT2D eigenvalue weighted by molar-refractivity contribution is 5.73. The Kier molecular flexibility index (Phi) is 5.70. The number of hydrogen-bond donors (Lipinski definition) is 2. The lowest BCUT2D eigenvalue weighted by atomic mass is 9.89. The number of carbonyl (C=O) groups is 1. The van der Waals surface area contributed by atoms with Crippen molar-refractivity contribution in [2.75, 3.05) is 19.6 Å². The zero-order chi connectivity index (χ0) is 17.0. The van der Waals surface area contributed by atoms with Crippen LogP contribution in [0, 0.1) is 11.7 Å². The lowest BCUT2D eigenvalue weighted by Crippen LogP contribution is -2.43. The van der Waals surface area contributed by atoms with Crippen molar-refractivity contribution in [1.82, 2.24) is 15.2 Å². The molecule has 2 rings (SSSR count). The van der Waals surface area contributed by atoms with E-state index in [1.165, 1.54) is 12.3 Å². The number of aliphatic hydroxyl groups is 1. The molecule has 1 saturated heterocycles. The summed E-state index contributed by atoms with van der Waals surface area (Å²) in [5.41, 5.74) is 0.302. The van der Waals surface area contributed by atoms with Crippen LogP contribution in [-0.4, -0.2) is 46.1 Å². The molecule has 1 aliphatic rings. The predicted octanol–water partition coefficient (Wildman–Crippen LogP) is 1.88. The molecule has 1 aromatic heterocycles. The Bertz CT molecular complexity index is 550. The van der Waals surface area contributed by atoms with Gasteiger partial charge in [-0.2, -0.15) is 0 Å². The van der Waals surface area contributed by atoms with Crippen molar-refractivity contribution in [1.29, 1.82) is 0 Å². The second kappa shape index (κ2) is 7.36. The van der Waals surface area contributed by atoms with Crippen LogP contribution in [0.2, 0.25) is 0 Å². The van der Waals surface area contributed by atoms with Crippen LogP contribution in [0.1, 0.15) is 45.3 Å². The van der Waals surface area contributed by atoms with E-state index in [1.54, 1.807) is 6.92 Å². The predicted molar refractivity (Wildman–Crippen MR) is 86.2 cm³/mol. The maximum absolute atomic E-state index is 13.1. The van der Waals surface area contributed by atoms with E-state index < -0.39 is 11.9 Å². The van der Waals surface area contributed by atoms with Crippen molar-refractivity contribution in [3.05, 3.63) is 29.8 Å². The fourth-order valence-electron chi connectivity index (χ4n) is 3.18. The van der Waals surface area contributed by atoms with Gasteiger partial charge in [0.1, 0.15) is 5.82 Å². The number of aliphatic hydroxyl groups excluding tert-OH is 1. The van der Waals surface area contributed by atoms with Gasteiger partial charge in [0.05, 0.1) is 12.3 Å². The van der Waals surface area contributed by atoms with Crippen molar-refractivity contribution in [3.63, 3.8) is 0 Å². The van der Waals surface area contributed by atoms with Gasteiger partial charge >= 0.3 is 0 Å². The van der Waals surface area contributed by atoms with Crippen molar-refractivity contribution < 1.29 is 14.3 Å². The first-order chi connectivity index (χ1) is 10.8. The van der Waals surface area contributed by atoms with E-state index in [4.69, 9.17) is 0 Å². The van der Waals surface area contributed by atoms with E-state index in [2.05, 4.69) is 24.1 Å². The number of rotatable bonds is 6. The van der Waals surface area contributed by atoms with Crippen LogP contribution in [0.5, 0.6) is 0 Å². The molecule has 0 aliphatic carbocycles. The topological polar surface area (TPSA) is 65.5 Å². The van der Waals surface area contributed by atoms with E-state index in [9.17, 15) is 14.3 Å². The summed E-state index contributed by atoms with van der Waals surface area (Å²) in [7, 11) is 0. The number of hydrogen-bond acceptors (Lipinski definition) is 4. The zero-order valence-electron chi connectivity index (χ0n) is 14.1. The number of halogens is 1. The van der Waals surface area contributed by atoms with E-state index in [0.717, 1.165) is 32.1 Å². The van der Waals surface area contributed by atoms with Crippen molar-refractivity contribution >= 4 is 5.91 Å². The van der Waals surface area contributed by atoms with E-state index in [-0.39, 0.29) is 11.4 Å². The van der Waals surface area contributed by atoms with Crippen molar-refractivity contribution in [2.24, 2.45) is 5.92 Å². The minimum Gasteiger partial charge on any atom is -0.387 e. The van der Waals surface area contributed by atoms with Crippen LogP contribution < -0.4 is 5.32 Å².